The van der Waals surface area contributed by atoms with E-state index in [0.717, 1.165) is 27.8 Å². The summed E-state index contributed by atoms with van der Waals surface area (Å²) in [6, 6.07) is 4.43. The zero-order valence-corrected chi connectivity index (χ0v) is 11.0. The summed E-state index contributed by atoms with van der Waals surface area (Å²) in [5, 5.41) is 4.87. The van der Waals surface area contributed by atoms with Crippen LogP contribution in [-0.2, 0) is 6.54 Å². The number of rotatable bonds is 3. The molecule has 3 aromatic rings. The van der Waals surface area contributed by atoms with Crippen LogP contribution in [0.3, 0.4) is 0 Å². The number of nitrogens with one attached hydrogen (secondary N) is 3. The van der Waals surface area contributed by atoms with Crippen LogP contribution in [0, 0.1) is 5.82 Å². The minimum atomic E-state index is -0.367. The lowest BCUT2D eigenvalue weighted by Gasteiger charge is -2.02. The lowest BCUT2D eigenvalue weighted by atomic mass is 10.1. The molecule has 2 heterocycles. The molecule has 0 aliphatic heterocycles. The SMILES string of the molecule is O=C(NCc1c[nH]c2ccc(F)cc12)c1csc(=O)[nH]1. The van der Waals surface area contributed by atoms with E-state index in [4.69, 9.17) is 0 Å². The van der Waals surface area contributed by atoms with Crippen molar-refractivity contribution in [2.24, 2.45) is 0 Å². The Hall–Kier alpha value is -2.41. The maximum atomic E-state index is 13.2. The first kappa shape index (κ1) is 12.6. The molecule has 20 heavy (non-hydrogen) atoms. The molecular weight excluding hydrogens is 281 g/mol. The van der Waals surface area contributed by atoms with Gasteiger partial charge in [0.2, 0.25) is 0 Å². The molecule has 1 amide bonds. The number of fused-ring (bicyclic) bond motifs is 1. The van der Waals surface area contributed by atoms with Gasteiger partial charge < -0.3 is 15.3 Å². The summed E-state index contributed by atoms with van der Waals surface area (Å²) in [4.78, 5) is 27.9. The third kappa shape index (κ3) is 2.35. The second-order valence-electron chi connectivity index (χ2n) is 4.25. The standard InChI is InChI=1S/C13H10FN3O2S/c14-8-1-2-10-9(3-8)7(4-15-10)5-16-12(18)11-6-20-13(19)17-11/h1-4,6,15H,5H2,(H,16,18)(H,17,19). The van der Waals surface area contributed by atoms with E-state index in [9.17, 15) is 14.0 Å². The Morgan fingerprint density at radius 1 is 1.40 bits per heavy atom. The zero-order valence-electron chi connectivity index (χ0n) is 10.2. The fourth-order valence-corrected chi connectivity index (χ4v) is 2.52. The summed E-state index contributed by atoms with van der Waals surface area (Å²) in [7, 11) is 0. The summed E-state index contributed by atoms with van der Waals surface area (Å²) in [5.74, 6) is -0.694. The summed E-state index contributed by atoms with van der Waals surface area (Å²) in [5.41, 5.74) is 1.82. The van der Waals surface area contributed by atoms with Crippen LogP contribution in [-0.4, -0.2) is 15.9 Å². The summed E-state index contributed by atoms with van der Waals surface area (Å²) < 4.78 is 13.2. The van der Waals surface area contributed by atoms with Crippen molar-refractivity contribution in [2.75, 3.05) is 0 Å². The lowest BCUT2D eigenvalue weighted by Crippen LogP contribution is -2.23. The van der Waals surface area contributed by atoms with Crippen LogP contribution in [0.4, 0.5) is 4.39 Å². The van der Waals surface area contributed by atoms with Crippen molar-refractivity contribution < 1.29 is 9.18 Å². The molecule has 5 nitrogen and oxygen atoms in total. The van der Waals surface area contributed by atoms with Gasteiger partial charge in [-0.25, -0.2) is 4.39 Å². The Kier molecular flexibility index (Phi) is 3.11. The number of carbonyl (C=O) groups excluding carboxylic acids is 1. The first-order valence-corrected chi connectivity index (χ1v) is 6.73. The average molecular weight is 291 g/mol. The van der Waals surface area contributed by atoms with Gasteiger partial charge in [0.25, 0.3) is 5.91 Å². The van der Waals surface area contributed by atoms with Crippen LogP contribution in [0.1, 0.15) is 16.1 Å². The minimum absolute atomic E-state index is 0.228. The number of hydrogen-bond donors (Lipinski definition) is 3. The number of halogens is 1. The van der Waals surface area contributed by atoms with Crippen molar-refractivity contribution in [1.29, 1.82) is 0 Å². The largest absolute Gasteiger partial charge is 0.361 e. The third-order valence-corrected chi connectivity index (χ3v) is 3.60. The Labute approximate surface area is 116 Å². The number of amides is 1. The quantitative estimate of drug-likeness (QED) is 0.690. The number of carbonyl (C=O) groups is 1. The summed E-state index contributed by atoms with van der Waals surface area (Å²) in [6.07, 6.45) is 1.72. The highest BCUT2D eigenvalue weighted by Crippen LogP contribution is 2.19. The predicted molar refractivity (Wildman–Crippen MR) is 74.4 cm³/mol. The van der Waals surface area contributed by atoms with Gasteiger partial charge >= 0.3 is 4.87 Å². The van der Waals surface area contributed by atoms with Gasteiger partial charge in [-0.1, -0.05) is 11.3 Å². The van der Waals surface area contributed by atoms with Gasteiger partial charge in [-0.05, 0) is 23.8 Å². The molecule has 1 aromatic carbocycles. The average Bonchev–Trinajstić information content (AvgIpc) is 3.02. The minimum Gasteiger partial charge on any atom is -0.361 e. The molecule has 3 rings (SSSR count). The fraction of sp³-hybridized carbons (Fsp3) is 0.0769. The number of benzene rings is 1. The monoisotopic (exact) mass is 291 g/mol. The van der Waals surface area contributed by atoms with Crippen LogP contribution in [0.25, 0.3) is 10.9 Å². The molecule has 0 spiro atoms. The second kappa shape index (κ2) is 4.93. The highest BCUT2D eigenvalue weighted by atomic mass is 32.1. The van der Waals surface area contributed by atoms with Gasteiger partial charge in [0.15, 0.2) is 0 Å². The van der Waals surface area contributed by atoms with Gasteiger partial charge in [0, 0.05) is 29.0 Å². The van der Waals surface area contributed by atoms with Crippen LogP contribution < -0.4 is 10.2 Å². The molecule has 0 radical (unpaired) electrons. The van der Waals surface area contributed by atoms with Crippen molar-refractivity contribution in [1.82, 2.24) is 15.3 Å². The number of aromatic nitrogens is 2. The molecule has 0 saturated carbocycles. The van der Waals surface area contributed by atoms with E-state index in [0.29, 0.717) is 0 Å². The van der Waals surface area contributed by atoms with Gasteiger partial charge in [-0.15, -0.1) is 0 Å². The maximum Gasteiger partial charge on any atom is 0.305 e. The zero-order chi connectivity index (χ0) is 14.1. The molecule has 2 aromatic heterocycles. The van der Waals surface area contributed by atoms with Crippen molar-refractivity contribution >= 4 is 28.1 Å². The van der Waals surface area contributed by atoms with Crippen LogP contribution in [0.15, 0.2) is 34.6 Å². The topological polar surface area (TPSA) is 77.8 Å². The van der Waals surface area contributed by atoms with Gasteiger partial charge in [-0.2, -0.15) is 0 Å². The molecule has 0 aliphatic carbocycles. The fourth-order valence-electron chi connectivity index (χ4n) is 1.96. The van der Waals surface area contributed by atoms with Crippen molar-refractivity contribution in [3.05, 3.63) is 56.5 Å². The Morgan fingerprint density at radius 2 is 2.25 bits per heavy atom. The summed E-state index contributed by atoms with van der Waals surface area (Å²) >= 11 is 0.933. The molecule has 0 atom stereocenters. The van der Waals surface area contributed by atoms with Crippen LogP contribution >= 0.6 is 11.3 Å². The van der Waals surface area contributed by atoms with Gasteiger partial charge in [0.05, 0.1) is 0 Å². The van der Waals surface area contributed by atoms with Gasteiger partial charge in [-0.3, -0.25) is 9.59 Å². The summed E-state index contributed by atoms with van der Waals surface area (Å²) in [6.45, 7) is 0.250. The predicted octanol–water partition coefficient (Wildman–Crippen LogP) is 1.99. The van der Waals surface area contributed by atoms with Crippen LogP contribution in [0.5, 0.6) is 0 Å². The maximum absolute atomic E-state index is 13.2. The normalized spacial score (nSPS) is 10.8. The second-order valence-corrected chi connectivity index (χ2v) is 5.09. The number of thiazole rings is 1. The molecular formula is C13H10FN3O2S. The Bertz CT molecular complexity index is 833. The molecule has 7 heteroatoms. The van der Waals surface area contributed by atoms with Crippen molar-refractivity contribution in [3.63, 3.8) is 0 Å². The molecule has 102 valence electrons. The van der Waals surface area contributed by atoms with E-state index >= 15 is 0 Å². The van der Waals surface area contributed by atoms with Crippen molar-refractivity contribution in [3.8, 4) is 0 Å². The van der Waals surface area contributed by atoms with Crippen LogP contribution in [0.2, 0.25) is 0 Å². The van der Waals surface area contributed by atoms with E-state index in [1.165, 1.54) is 17.5 Å². The van der Waals surface area contributed by atoms with E-state index in [1.807, 2.05) is 0 Å². The molecule has 0 aliphatic rings. The smallest absolute Gasteiger partial charge is 0.305 e. The molecule has 3 N–H and O–H groups in total. The molecule has 0 saturated heterocycles. The molecule has 0 unspecified atom stereocenters. The highest BCUT2D eigenvalue weighted by molar-refractivity contribution is 7.07. The van der Waals surface area contributed by atoms with Gasteiger partial charge in [0.1, 0.15) is 11.5 Å². The number of H-pyrrole nitrogens is 2. The van der Waals surface area contributed by atoms with E-state index in [1.54, 1.807) is 12.3 Å². The Morgan fingerprint density at radius 3 is 3.00 bits per heavy atom. The first-order chi connectivity index (χ1) is 9.63. The number of hydrogen-bond acceptors (Lipinski definition) is 3. The highest BCUT2D eigenvalue weighted by Gasteiger charge is 2.10. The van der Waals surface area contributed by atoms with Crippen molar-refractivity contribution in [2.45, 2.75) is 6.54 Å². The Balaban J connectivity index is 1.78. The van der Waals surface area contributed by atoms with E-state index in [-0.39, 0.29) is 28.8 Å². The van der Waals surface area contributed by atoms with E-state index < -0.39 is 0 Å². The third-order valence-electron chi connectivity index (χ3n) is 2.93. The molecule has 0 fully saturated rings. The lowest BCUT2D eigenvalue weighted by molar-refractivity contribution is 0.0946. The first-order valence-electron chi connectivity index (χ1n) is 5.85. The van der Waals surface area contributed by atoms with E-state index in [2.05, 4.69) is 15.3 Å². The molecule has 0 bridgehead atoms. The number of aromatic amines is 2.